The Bertz CT molecular complexity index is 1050. The molecule has 2 aromatic rings. The number of carbonyl (C=O) groups excluding carboxylic acids is 2. The first kappa shape index (κ1) is 27.8. The number of hydrogen-bond donors (Lipinski definition) is 3. The van der Waals surface area contributed by atoms with Crippen LogP contribution in [0.1, 0.15) is 22.5 Å². The van der Waals surface area contributed by atoms with Crippen molar-refractivity contribution in [3.63, 3.8) is 0 Å². The highest BCUT2D eigenvalue weighted by atomic mass is 35.5. The molecule has 0 aliphatic rings. The van der Waals surface area contributed by atoms with Crippen LogP contribution in [0.4, 0.5) is 13.2 Å². The van der Waals surface area contributed by atoms with Gasteiger partial charge in [0.1, 0.15) is 21.0 Å². The lowest BCUT2D eigenvalue weighted by molar-refractivity contribution is -0.139. The molecule has 1 aromatic carbocycles. The van der Waals surface area contributed by atoms with Crippen molar-refractivity contribution < 1.29 is 27.9 Å². The van der Waals surface area contributed by atoms with E-state index in [1.54, 1.807) is 30.5 Å². The maximum atomic E-state index is 12.7. The summed E-state index contributed by atoms with van der Waals surface area (Å²) < 4.78 is 38.2. The van der Waals surface area contributed by atoms with Crippen LogP contribution < -0.4 is 10.6 Å². The molecular weight excluding hydrogens is 513 g/mol. The summed E-state index contributed by atoms with van der Waals surface area (Å²) in [5, 5.41) is 16.4. The van der Waals surface area contributed by atoms with Gasteiger partial charge in [0.25, 0.3) is 5.91 Å². The molecule has 7 nitrogen and oxygen atoms in total. The summed E-state index contributed by atoms with van der Waals surface area (Å²) in [6, 6.07) is 5.66. The molecule has 2 rings (SSSR count). The zero-order chi connectivity index (χ0) is 25.3. The summed E-state index contributed by atoms with van der Waals surface area (Å²) >= 11 is 8.08. The van der Waals surface area contributed by atoms with Crippen molar-refractivity contribution in [2.75, 3.05) is 12.8 Å². The number of aliphatic hydroxyl groups is 1. The van der Waals surface area contributed by atoms with Crippen LogP contribution in [0.15, 0.2) is 48.2 Å². The van der Waals surface area contributed by atoms with E-state index in [4.69, 9.17) is 11.6 Å². The van der Waals surface area contributed by atoms with Crippen LogP contribution in [0.25, 0.3) is 10.6 Å². The van der Waals surface area contributed by atoms with E-state index in [0.717, 1.165) is 34.9 Å². The van der Waals surface area contributed by atoms with E-state index in [0.29, 0.717) is 10.0 Å². The van der Waals surface area contributed by atoms with Crippen molar-refractivity contribution in [3.8, 4) is 10.6 Å². The molecule has 13 heteroatoms. The third-order valence-corrected chi connectivity index (χ3v) is 6.40. The van der Waals surface area contributed by atoms with Crippen LogP contribution in [0, 0.1) is 0 Å². The molecule has 1 aromatic heterocycles. The van der Waals surface area contributed by atoms with Gasteiger partial charge in [0.2, 0.25) is 5.91 Å². The minimum Gasteiger partial charge on any atom is -0.384 e. The van der Waals surface area contributed by atoms with Gasteiger partial charge in [0.05, 0.1) is 18.8 Å². The molecular formula is C21H22ClF3N4O3S2. The number of nitrogens with zero attached hydrogens (tertiary/aromatic N) is 2. The van der Waals surface area contributed by atoms with E-state index in [-0.39, 0.29) is 9.92 Å². The molecule has 2 atom stereocenters. The predicted octanol–water partition coefficient (Wildman–Crippen LogP) is 4.29. The SMILES string of the molecule is C=CN=C(SC)C(O)C(CCC(F)(F)F)NC(=O)CNC(=O)c1cnc(-c2cccc(Cl)c2)s1. The van der Waals surface area contributed by atoms with Crippen LogP contribution in [0.3, 0.4) is 0 Å². The number of aliphatic imine (C=N–C) groups is 1. The van der Waals surface area contributed by atoms with Crippen molar-refractivity contribution in [2.24, 2.45) is 4.99 Å². The molecule has 0 aliphatic carbocycles. The van der Waals surface area contributed by atoms with E-state index < -0.39 is 49.5 Å². The molecule has 0 aliphatic heterocycles. The van der Waals surface area contributed by atoms with E-state index in [1.807, 2.05) is 0 Å². The lowest BCUT2D eigenvalue weighted by atomic mass is 10.1. The minimum atomic E-state index is -4.47. The standard InChI is InChI=1S/C21H22ClF3N4O3S2/c1-3-26-20(33-2)17(31)14(7-8-21(23,24)25)29-16(30)11-27-18(32)15-10-28-19(34-15)12-5-4-6-13(22)9-12/h3-6,9-10,14,17,31H,1,7-8,11H2,2H3,(H,27,32)(H,29,30). The predicted molar refractivity (Wildman–Crippen MR) is 129 cm³/mol. The van der Waals surface area contributed by atoms with Gasteiger partial charge in [0, 0.05) is 23.2 Å². The lowest BCUT2D eigenvalue weighted by Gasteiger charge is -2.25. The molecule has 34 heavy (non-hydrogen) atoms. The fraction of sp³-hybridized carbons (Fsp3) is 0.333. The van der Waals surface area contributed by atoms with Crippen LogP contribution in [-0.4, -0.2) is 58.1 Å². The Balaban J connectivity index is 2.01. The van der Waals surface area contributed by atoms with Gasteiger partial charge in [0.15, 0.2) is 0 Å². The van der Waals surface area contributed by atoms with E-state index in [9.17, 15) is 27.9 Å². The first-order valence-electron chi connectivity index (χ1n) is 9.80. The van der Waals surface area contributed by atoms with Crippen molar-refractivity contribution in [1.82, 2.24) is 15.6 Å². The Morgan fingerprint density at radius 1 is 1.41 bits per heavy atom. The number of benzene rings is 1. The molecule has 0 fully saturated rings. The first-order valence-corrected chi connectivity index (χ1v) is 12.2. The minimum absolute atomic E-state index is 0.102. The fourth-order valence-electron chi connectivity index (χ4n) is 2.78. The third kappa shape index (κ3) is 8.75. The summed E-state index contributed by atoms with van der Waals surface area (Å²) in [6.45, 7) is 2.89. The van der Waals surface area contributed by atoms with Crippen LogP contribution in [0.5, 0.6) is 0 Å². The van der Waals surface area contributed by atoms with Crippen LogP contribution >= 0.6 is 34.7 Å². The summed E-state index contributed by atoms with van der Waals surface area (Å²) in [7, 11) is 0. The average Bonchev–Trinajstić information content (AvgIpc) is 3.28. The van der Waals surface area contributed by atoms with Crippen LogP contribution in [0.2, 0.25) is 5.02 Å². The van der Waals surface area contributed by atoms with Gasteiger partial charge in [-0.2, -0.15) is 13.2 Å². The van der Waals surface area contributed by atoms with Gasteiger partial charge in [-0.1, -0.05) is 30.3 Å². The van der Waals surface area contributed by atoms with Gasteiger partial charge in [-0.15, -0.1) is 23.1 Å². The number of nitrogens with one attached hydrogen (secondary N) is 2. The molecule has 0 saturated heterocycles. The Kier molecular flexibility index (Phi) is 10.5. The number of thioether (sulfide) groups is 1. The highest BCUT2D eigenvalue weighted by Crippen LogP contribution is 2.27. The third-order valence-electron chi connectivity index (χ3n) is 4.36. The topological polar surface area (TPSA) is 104 Å². The molecule has 0 bridgehead atoms. The second kappa shape index (κ2) is 12.9. The zero-order valence-electron chi connectivity index (χ0n) is 17.9. The molecule has 0 saturated carbocycles. The average molecular weight is 535 g/mol. The van der Waals surface area contributed by atoms with Crippen molar-refractivity contribution in [3.05, 3.63) is 53.1 Å². The highest BCUT2D eigenvalue weighted by molar-refractivity contribution is 8.13. The lowest BCUT2D eigenvalue weighted by Crippen LogP contribution is -2.49. The summed E-state index contributed by atoms with van der Waals surface area (Å²) in [5.74, 6) is -1.34. The largest absolute Gasteiger partial charge is 0.389 e. The number of amides is 2. The second-order valence-corrected chi connectivity index (χ2v) is 9.14. The smallest absolute Gasteiger partial charge is 0.384 e. The Morgan fingerprint density at radius 2 is 2.15 bits per heavy atom. The number of rotatable bonds is 10. The molecule has 184 valence electrons. The molecule has 3 N–H and O–H groups in total. The Hall–Kier alpha value is -2.41. The Morgan fingerprint density at radius 3 is 2.76 bits per heavy atom. The first-order chi connectivity index (χ1) is 16.0. The molecule has 0 spiro atoms. The van der Waals surface area contributed by atoms with E-state index >= 15 is 0 Å². The van der Waals surface area contributed by atoms with Gasteiger partial charge in [-0.3, -0.25) is 14.6 Å². The quantitative estimate of drug-likeness (QED) is 0.312. The summed E-state index contributed by atoms with van der Waals surface area (Å²) in [6.07, 6.45) is -3.66. The van der Waals surface area contributed by atoms with Crippen molar-refractivity contribution >= 4 is 51.6 Å². The molecule has 2 unspecified atom stereocenters. The van der Waals surface area contributed by atoms with Gasteiger partial charge < -0.3 is 15.7 Å². The van der Waals surface area contributed by atoms with Gasteiger partial charge in [-0.05, 0) is 24.8 Å². The summed E-state index contributed by atoms with van der Waals surface area (Å²) in [5.41, 5.74) is 0.724. The monoisotopic (exact) mass is 534 g/mol. The number of carbonyl (C=O) groups is 2. The number of aromatic nitrogens is 1. The van der Waals surface area contributed by atoms with Gasteiger partial charge in [-0.25, -0.2) is 4.98 Å². The van der Waals surface area contributed by atoms with Crippen LogP contribution in [-0.2, 0) is 4.79 Å². The van der Waals surface area contributed by atoms with Gasteiger partial charge >= 0.3 is 6.18 Å². The van der Waals surface area contributed by atoms with Crippen molar-refractivity contribution in [2.45, 2.75) is 31.2 Å². The number of aliphatic hydroxyl groups excluding tert-OH is 1. The van der Waals surface area contributed by atoms with Crippen molar-refractivity contribution in [1.29, 1.82) is 0 Å². The normalized spacial score (nSPS) is 13.8. The molecule has 1 heterocycles. The number of halogens is 4. The number of hydrogen-bond acceptors (Lipinski definition) is 7. The fourth-order valence-corrected chi connectivity index (χ4v) is 4.38. The van der Waals surface area contributed by atoms with E-state index in [2.05, 4.69) is 27.2 Å². The second-order valence-electron chi connectivity index (χ2n) is 6.85. The zero-order valence-corrected chi connectivity index (χ0v) is 20.3. The number of alkyl halides is 3. The number of thiazole rings is 1. The maximum absolute atomic E-state index is 12.7. The Labute approximate surface area is 207 Å². The summed E-state index contributed by atoms with van der Waals surface area (Å²) in [4.78, 5) is 33.0. The molecule has 2 amide bonds. The highest BCUT2D eigenvalue weighted by Gasteiger charge is 2.33. The van der Waals surface area contributed by atoms with E-state index in [1.165, 1.54) is 6.20 Å². The maximum Gasteiger partial charge on any atom is 0.389 e. The molecule has 0 radical (unpaired) electrons.